The van der Waals surface area contributed by atoms with Gasteiger partial charge in [-0.15, -0.1) is 0 Å². The van der Waals surface area contributed by atoms with Crippen molar-refractivity contribution in [1.82, 2.24) is 24.3 Å². The lowest BCUT2D eigenvalue weighted by molar-refractivity contribution is 0.417. The van der Waals surface area contributed by atoms with Crippen molar-refractivity contribution >= 4 is 5.52 Å². The van der Waals surface area contributed by atoms with Crippen molar-refractivity contribution in [2.45, 2.75) is 19.4 Å². The second-order valence-electron chi connectivity index (χ2n) is 6.34. The molecule has 0 spiro atoms. The molecule has 1 saturated heterocycles. The summed E-state index contributed by atoms with van der Waals surface area (Å²) in [5.41, 5.74) is 4.06. The van der Waals surface area contributed by atoms with Crippen LogP contribution in [0.3, 0.4) is 0 Å². The molecular formula is C18H17N7O. The molecule has 8 heteroatoms. The van der Waals surface area contributed by atoms with Crippen LogP contribution < -0.4 is 4.74 Å². The Hall–Kier alpha value is -3.52. The molecule has 1 aliphatic rings. The van der Waals surface area contributed by atoms with E-state index in [1.807, 2.05) is 30.1 Å². The van der Waals surface area contributed by atoms with Gasteiger partial charge in [-0.3, -0.25) is 4.68 Å². The normalized spacial score (nSPS) is 16.6. The Morgan fingerprint density at radius 1 is 1.27 bits per heavy atom. The first-order chi connectivity index (χ1) is 12.7. The Morgan fingerprint density at radius 2 is 2.12 bits per heavy atom. The van der Waals surface area contributed by atoms with E-state index in [4.69, 9.17) is 10.00 Å². The average molecular weight is 347 g/mol. The standard InChI is InChI=1S/C18H17N7O/c1-12-16(8-22-25(12)15-3-4-23(10-15)11-20)13-5-17(26-2)18-14(6-19)7-21-24(18)9-13/h5,7-9,15H,3-4,10H2,1-2H3/t15-/m1/s1. The second kappa shape index (κ2) is 6.08. The zero-order valence-electron chi connectivity index (χ0n) is 14.5. The summed E-state index contributed by atoms with van der Waals surface area (Å²) in [5.74, 6) is 0.597. The van der Waals surface area contributed by atoms with Crippen LogP contribution in [-0.2, 0) is 0 Å². The number of hydrogen-bond acceptors (Lipinski definition) is 6. The number of likely N-dealkylation sites (tertiary alicyclic amines) is 1. The minimum absolute atomic E-state index is 0.198. The number of pyridine rings is 1. The summed E-state index contributed by atoms with van der Waals surface area (Å²) < 4.78 is 9.14. The number of methoxy groups -OCH3 is 1. The first-order valence-electron chi connectivity index (χ1n) is 8.31. The van der Waals surface area contributed by atoms with Gasteiger partial charge in [0.25, 0.3) is 0 Å². The van der Waals surface area contributed by atoms with Gasteiger partial charge in [0.15, 0.2) is 6.19 Å². The van der Waals surface area contributed by atoms with Crippen molar-refractivity contribution < 1.29 is 4.74 Å². The molecule has 8 nitrogen and oxygen atoms in total. The molecule has 0 saturated carbocycles. The molecule has 26 heavy (non-hydrogen) atoms. The number of aromatic nitrogens is 4. The zero-order chi connectivity index (χ0) is 18.3. The molecule has 0 N–H and O–H groups in total. The van der Waals surface area contributed by atoms with E-state index in [2.05, 4.69) is 22.5 Å². The molecule has 0 aromatic carbocycles. The minimum atomic E-state index is 0.198. The van der Waals surface area contributed by atoms with Crippen LogP contribution in [0.2, 0.25) is 0 Å². The predicted octanol–water partition coefficient (Wildman–Crippen LogP) is 2.11. The van der Waals surface area contributed by atoms with E-state index in [0.717, 1.165) is 29.8 Å². The number of ether oxygens (including phenoxy) is 1. The summed E-state index contributed by atoms with van der Waals surface area (Å²) in [7, 11) is 1.58. The van der Waals surface area contributed by atoms with Gasteiger partial charge in [0.2, 0.25) is 0 Å². The molecular weight excluding hydrogens is 330 g/mol. The molecule has 1 aliphatic heterocycles. The molecule has 3 aromatic heterocycles. The van der Waals surface area contributed by atoms with Gasteiger partial charge < -0.3 is 9.64 Å². The quantitative estimate of drug-likeness (QED) is 0.674. The van der Waals surface area contributed by atoms with E-state index in [1.165, 1.54) is 6.20 Å². The number of rotatable bonds is 3. The van der Waals surface area contributed by atoms with E-state index in [9.17, 15) is 5.26 Å². The van der Waals surface area contributed by atoms with Crippen molar-refractivity contribution in [3.8, 4) is 29.1 Å². The molecule has 0 amide bonds. The lowest BCUT2D eigenvalue weighted by Gasteiger charge is -2.13. The predicted molar refractivity (Wildman–Crippen MR) is 93.3 cm³/mol. The Bertz CT molecular complexity index is 1070. The number of fused-ring (bicyclic) bond motifs is 1. The third-order valence-electron chi connectivity index (χ3n) is 4.92. The fraction of sp³-hybridized carbons (Fsp3) is 0.333. The number of nitriles is 2. The summed E-state index contributed by atoms with van der Waals surface area (Å²) in [6, 6.07) is 4.24. The maximum Gasteiger partial charge on any atom is 0.179 e. The first-order valence-corrected chi connectivity index (χ1v) is 8.31. The Labute approximate surface area is 150 Å². The fourth-order valence-electron chi connectivity index (χ4n) is 3.58. The van der Waals surface area contributed by atoms with Crippen LogP contribution in [0.4, 0.5) is 0 Å². The van der Waals surface area contributed by atoms with Crippen molar-refractivity contribution in [2.24, 2.45) is 0 Å². The van der Waals surface area contributed by atoms with Gasteiger partial charge in [0, 0.05) is 29.6 Å². The van der Waals surface area contributed by atoms with Crippen LogP contribution in [0.25, 0.3) is 16.6 Å². The van der Waals surface area contributed by atoms with Gasteiger partial charge >= 0.3 is 0 Å². The molecule has 0 radical (unpaired) electrons. The molecule has 0 bridgehead atoms. The van der Waals surface area contributed by atoms with Gasteiger partial charge in [-0.25, -0.2) is 4.52 Å². The first kappa shape index (κ1) is 16.0. The third-order valence-corrected chi connectivity index (χ3v) is 4.92. The summed E-state index contributed by atoms with van der Waals surface area (Å²) in [4.78, 5) is 1.76. The molecule has 3 aromatic rings. The van der Waals surface area contributed by atoms with Crippen molar-refractivity contribution in [3.05, 3.63) is 35.9 Å². The summed E-state index contributed by atoms with van der Waals surface area (Å²) in [6.45, 7) is 3.48. The lowest BCUT2D eigenvalue weighted by Crippen LogP contribution is -2.17. The Kier molecular flexibility index (Phi) is 3.74. The number of nitrogens with zero attached hydrogens (tertiary/aromatic N) is 7. The van der Waals surface area contributed by atoms with Crippen molar-refractivity contribution in [3.63, 3.8) is 0 Å². The average Bonchev–Trinajstić information content (AvgIpc) is 3.38. The van der Waals surface area contributed by atoms with Crippen LogP contribution in [-0.4, -0.2) is 44.5 Å². The molecule has 0 aliphatic carbocycles. The highest BCUT2D eigenvalue weighted by molar-refractivity contribution is 5.75. The monoisotopic (exact) mass is 347 g/mol. The maximum atomic E-state index is 9.24. The molecule has 1 atom stereocenters. The van der Waals surface area contributed by atoms with Crippen LogP contribution in [0, 0.1) is 29.7 Å². The second-order valence-corrected chi connectivity index (χ2v) is 6.34. The van der Waals surface area contributed by atoms with E-state index in [1.54, 1.807) is 16.5 Å². The largest absolute Gasteiger partial charge is 0.494 e. The summed E-state index contributed by atoms with van der Waals surface area (Å²) >= 11 is 0. The minimum Gasteiger partial charge on any atom is -0.494 e. The van der Waals surface area contributed by atoms with E-state index in [0.29, 0.717) is 23.4 Å². The van der Waals surface area contributed by atoms with Gasteiger partial charge in [0.1, 0.15) is 22.9 Å². The van der Waals surface area contributed by atoms with E-state index in [-0.39, 0.29) is 6.04 Å². The van der Waals surface area contributed by atoms with Crippen LogP contribution >= 0.6 is 0 Å². The van der Waals surface area contributed by atoms with E-state index < -0.39 is 0 Å². The van der Waals surface area contributed by atoms with Gasteiger partial charge in [-0.2, -0.15) is 20.7 Å². The Balaban J connectivity index is 1.77. The van der Waals surface area contributed by atoms with E-state index >= 15 is 0 Å². The molecule has 130 valence electrons. The van der Waals surface area contributed by atoms with Crippen LogP contribution in [0.15, 0.2) is 24.7 Å². The highest BCUT2D eigenvalue weighted by Crippen LogP contribution is 2.33. The van der Waals surface area contributed by atoms with Gasteiger partial charge in [0.05, 0.1) is 32.1 Å². The Morgan fingerprint density at radius 3 is 2.81 bits per heavy atom. The zero-order valence-corrected chi connectivity index (χ0v) is 14.5. The topological polar surface area (TPSA) is 95.2 Å². The summed E-state index contributed by atoms with van der Waals surface area (Å²) in [6.07, 6.45) is 8.35. The SMILES string of the molecule is COc1cc(-c2cnn([C@@H]3CCN(C#N)C3)c2C)cn2ncc(C#N)c12. The smallest absolute Gasteiger partial charge is 0.179 e. The lowest BCUT2D eigenvalue weighted by atomic mass is 10.1. The van der Waals surface area contributed by atoms with Gasteiger partial charge in [-0.05, 0) is 19.4 Å². The van der Waals surface area contributed by atoms with Crippen LogP contribution in [0.1, 0.15) is 23.7 Å². The van der Waals surface area contributed by atoms with Crippen molar-refractivity contribution in [1.29, 1.82) is 10.5 Å². The fourth-order valence-corrected chi connectivity index (χ4v) is 3.58. The highest BCUT2D eigenvalue weighted by Gasteiger charge is 2.26. The number of hydrogen-bond donors (Lipinski definition) is 0. The molecule has 4 rings (SSSR count). The van der Waals surface area contributed by atoms with Gasteiger partial charge in [-0.1, -0.05) is 0 Å². The van der Waals surface area contributed by atoms with Crippen molar-refractivity contribution in [2.75, 3.05) is 20.2 Å². The molecule has 0 unspecified atom stereocenters. The van der Waals surface area contributed by atoms with Crippen LogP contribution in [0.5, 0.6) is 5.75 Å². The third kappa shape index (κ3) is 2.35. The molecule has 4 heterocycles. The maximum absolute atomic E-state index is 9.24. The molecule has 1 fully saturated rings. The highest BCUT2D eigenvalue weighted by atomic mass is 16.5. The summed E-state index contributed by atoms with van der Waals surface area (Å²) in [5, 5.41) is 27.1.